The summed E-state index contributed by atoms with van der Waals surface area (Å²) in [6.45, 7) is 1.83. The number of hydrogen-bond acceptors (Lipinski definition) is 5. The van der Waals surface area contributed by atoms with Crippen molar-refractivity contribution in [1.82, 2.24) is 5.43 Å². The van der Waals surface area contributed by atoms with Crippen LogP contribution >= 0.6 is 0 Å². The van der Waals surface area contributed by atoms with E-state index in [1.165, 1.54) is 0 Å². The van der Waals surface area contributed by atoms with Crippen LogP contribution in [-0.4, -0.2) is 17.6 Å². The number of hydrazone groups is 1. The highest BCUT2D eigenvalue weighted by molar-refractivity contribution is 6.06. The monoisotopic (exact) mass is 528 g/mol. The van der Waals surface area contributed by atoms with Crippen molar-refractivity contribution in [1.29, 1.82) is 0 Å². The van der Waals surface area contributed by atoms with Crippen molar-refractivity contribution in [3.8, 4) is 5.75 Å². The number of rotatable bonds is 6. The van der Waals surface area contributed by atoms with Gasteiger partial charge in [0, 0.05) is 22.9 Å². The lowest BCUT2D eigenvalue weighted by atomic mass is 9.91. The third kappa shape index (κ3) is 4.92. The Morgan fingerprint density at radius 1 is 0.825 bits per heavy atom. The highest BCUT2D eigenvalue weighted by Crippen LogP contribution is 2.32. The number of furan rings is 1. The van der Waals surface area contributed by atoms with Crippen molar-refractivity contribution in [2.75, 3.05) is 0 Å². The molecule has 0 saturated heterocycles. The molecular formula is C34H28N2O4. The second-order valence-corrected chi connectivity index (χ2v) is 9.86. The lowest BCUT2D eigenvalue weighted by molar-refractivity contribution is -0.121. The highest BCUT2D eigenvalue weighted by Gasteiger charge is 2.30. The van der Waals surface area contributed by atoms with Crippen LogP contribution in [0.15, 0.2) is 113 Å². The average molecular weight is 529 g/mol. The van der Waals surface area contributed by atoms with E-state index in [9.17, 15) is 9.59 Å². The molecule has 0 atom stereocenters. The van der Waals surface area contributed by atoms with E-state index in [4.69, 9.17) is 9.15 Å². The van der Waals surface area contributed by atoms with Crippen LogP contribution in [0.25, 0.3) is 10.8 Å². The molecule has 1 aliphatic carbocycles. The molecule has 0 unspecified atom stereocenters. The molecule has 0 bridgehead atoms. The lowest BCUT2D eigenvalue weighted by Gasteiger charge is -2.18. The van der Waals surface area contributed by atoms with Crippen LogP contribution in [-0.2, 0) is 11.2 Å². The van der Waals surface area contributed by atoms with E-state index in [0.717, 1.165) is 33.9 Å². The van der Waals surface area contributed by atoms with Crippen molar-refractivity contribution < 1.29 is 18.7 Å². The third-order valence-corrected chi connectivity index (χ3v) is 7.29. The molecule has 0 saturated carbocycles. The van der Waals surface area contributed by atoms with Crippen molar-refractivity contribution in [3.63, 3.8) is 0 Å². The van der Waals surface area contributed by atoms with Gasteiger partial charge in [0.05, 0.1) is 11.6 Å². The Balaban J connectivity index is 1.27. The Labute approximate surface area is 232 Å². The molecule has 0 spiro atoms. The maximum absolute atomic E-state index is 13.5. The summed E-state index contributed by atoms with van der Waals surface area (Å²) in [6, 6.07) is 32.7. The molecule has 5 aromatic rings. The summed E-state index contributed by atoms with van der Waals surface area (Å²) in [7, 11) is 0. The van der Waals surface area contributed by atoms with Crippen LogP contribution in [0, 0.1) is 6.92 Å². The van der Waals surface area contributed by atoms with Crippen LogP contribution in [0.4, 0.5) is 0 Å². The number of benzene rings is 4. The molecule has 0 fully saturated rings. The van der Waals surface area contributed by atoms with Crippen molar-refractivity contribution in [2.24, 2.45) is 5.10 Å². The Morgan fingerprint density at radius 2 is 1.48 bits per heavy atom. The summed E-state index contributed by atoms with van der Waals surface area (Å²) in [6.07, 6.45) is 2.14. The van der Waals surface area contributed by atoms with Gasteiger partial charge in [-0.25, -0.2) is 10.2 Å². The topological polar surface area (TPSA) is 80.9 Å². The minimum absolute atomic E-state index is 0.158. The quantitative estimate of drug-likeness (QED) is 0.147. The number of esters is 1. The van der Waals surface area contributed by atoms with Gasteiger partial charge in [0.15, 0.2) is 0 Å². The first-order valence-corrected chi connectivity index (χ1v) is 13.4. The van der Waals surface area contributed by atoms with Crippen molar-refractivity contribution in [2.45, 2.75) is 32.1 Å². The van der Waals surface area contributed by atoms with E-state index >= 15 is 0 Å². The van der Waals surface area contributed by atoms with Gasteiger partial charge in [0.2, 0.25) is 5.76 Å². The summed E-state index contributed by atoms with van der Waals surface area (Å²) in [5.74, 6) is 0.0283. The zero-order valence-electron chi connectivity index (χ0n) is 22.1. The zero-order chi connectivity index (χ0) is 27.5. The molecule has 0 radical (unpaired) electrons. The van der Waals surface area contributed by atoms with Gasteiger partial charge >= 0.3 is 5.97 Å². The van der Waals surface area contributed by atoms with Crippen LogP contribution in [0.2, 0.25) is 0 Å². The molecule has 1 N–H and O–H groups in total. The van der Waals surface area contributed by atoms with Gasteiger partial charge < -0.3 is 9.15 Å². The molecule has 6 heteroatoms. The van der Waals surface area contributed by atoms with Crippen LogP contribution in [0.3, 0.4) is 0 Å². The predicted octanol–water partition coefficient (Wildman–Crippen LogP) is 6.95. The number of nitrogens with one attached hydrogen (secondary N) is 1. The summed E-state index contributed by atoms with van der Waals surface area (Å²) in [5, 5.41) is 6.39. The number of carbonyl (C=O) groups is 2. The number of nitrogens with zero attached hydrogens (tertiary/aromatic N) is 1. The third-order valence-electron chi connectivity index (χ3n) is 7.29. The Morgan fingerprint density at radius 3 is 2.20 bits per heavy atom. The molecule has 198 valence electrons. The fraction of sp³-hybridized carbons (Fsp3) is 0.147. The molecule has 1 heterocycles. The van der Waals surface area contributed by atoms with E-state index in [2.05, 4.69) is 10.5 Å². The standard InChI is InChI=1S/C34H28N2O4/c1-22-30-27(35-36-33(37)31(24-13-4-2-5-14-24)25-15-6-3-7-16-25)19-11-21-29(30)39-32(22)34(38)40-28-20-10-17-23-12-8-9-18-26(23)28/h2-10,12-18,20,31H,11,19,21H2,1H3,(H,36,37)/b35-27+. The first-order chi connectivity index (χ1) is 19.6. The second kappa shape index (κ2) is 11.0. The van der Waals surface area contributed by atoms with E-state index < -0.39 is 11.9 Å². The lowest BCUT2D eigenvalue weighted by Crippen LogP contribution is -2.28. The summed E-state index contributed by atoms with van der Waals surface area (Å²) < 4.78 is 11.8. The Hall–Kier alpha value is -4.97. The van der Waals surface area contributed by atoms with E-state index in [0.29, 0.717) is 35.6 Å². The summed E-state index contributed by atoms with van der Waals surface area (Å²) in [4.78, 5) is 26.7. The predicted molar refractivity (Wildman–Crippen MR) is 155 cm³/mol. The summed E-state index contributed by atoms with van der Waals surface area (Å²) >= 11 is 0. The number of amides is 1. The van der Waals surface area contributed by atoms with Crippen molar-refractivity contribution in [3.05, 3.63) is 137 Å². The second-order valence-electron chi connectivity index (χ2n) is 9.86. The van der Waals surface area contributed by atoms with Gasteiger partial charge in [-0.2, -0.15) is 5.10 Å². The van der Waals surface area contributed by atoms with Gasteiger partial charge in [-0.05, 0) is 42.3 Å². The SMILES string of the molecule is Cc1c(C(=O)Oc2cccc3ccccc23)oc2c1/C(=N/NC(=O)C(c1ccccc1)c1ccccc1)CCC2. The Bertz CT molecular complexity index is 1680. The minimum atomic E-state index is -0.556. The molecule has 4 aromatic carbocycles. The number of carbonyl (C=O) groups excluding carboxylic acids is 2. The van der Waals surface area contributed by atoms with Crippen LogP contribution in [0.1, 0.15) is 57.3 Å². The maximum Gasteiger partial charge on any atom is 0.379 e. The first-order valence-electron chi connectivity index (χ1n) is 13.4. The fourth-order valence-electron chi connectivity index (χ4n) is 5.38. The molecule has 1 aromatic heterocycles. The maximum atomic E-state index is 13.5. The number of ether oxygens (including phenoxy) is 1. The molecule has 0 aliphatic heterocycles. The van der Waals surface area contributed by atoms with Crippen molar-refractivity contribution >= 4 is 28.4 Å². The molecular weight excluding hydrogens is 500 g/mol. The largest absolute Gasteiger partial charge is 0.453 e. The highest BCUT2D eigenvalue weighted by atomic mass is 16.5. The summed E-state index contributed by atoms with van der Waals surface area (Å²) in [5.41, 5.74) is 6.70. The van der Waals surface area contributed by atoms with Gasteiger partial charge in [-0.3, -0.25) is 4.79 Å². The first kappa shape index (κ1) is 25.3. The molecule has 1 amide bonds. The fourth-order valence-corrected chi connectivity index (χ4v) is 5.38. The van der Waals surface area contributed by atoms with E-state index in [1.54, 1.807) is 6.07 Å². The van der Waals surface area contributed by atoms with Gasteiger partial charge in [0.1, 0.15) is 11.5 Å². The zero-order valence-corrected chi connectivity index (χ0v) is 22.1. The van der Waals surface area contributed by atoms with Gasteiger partial charge in [-0.1, -0.05) is 97.1 Å². The normalized spacial score (nSPS) is 13.8. The Kier molecular flexibility index (Phi) is 6.98. The number of aryl methyl sites for hydroxylation is 1. The van der Waals surface area contributed by atoms with Crippen LogP contribution in [0.5, 0.6) is 5.75 Å². The van der Waals surface area contributed by atoms with E-state index in [1.807, 2.05) is 104 Å². The minimum Gasteiger partial charge on any atom is -0.453 e. The molecule has 6 nitrogen and oxygen atoms in total. The number of hydrogen-bond donors (Lipinski definition) is 1. The number of fused-ring (bicyclic) bond motifs is 2. The van der Waals surface area contributed by atoms with E-state index in [-0.39, 0.29) is 11.7 Å². The van der Waals surface area contributed by atoms with Gasteiger partial charge in [0.25, 0.3) is 5.91 Å². The average Bonchev–Trinajstić information content (AvgIpc) is 3.34. The smallest absolute Gasteiger partial charge is 0.379 e. The molecule has 1 aliphatic rings. The molecule has 6 rings (SSSR count). The van der Waals surface area contributed by atoms with Crippen LogP contribution < -0.4 is 10.2 Å². The molecule has 40 heavy (non-hydrogen) atoms. The van der Waals surface area contributed by atoms with Gasteiger partial charge in [-0.15, -0.1) is 0 Å².